The molecule has 4 heteroatoms. The van der Waals surface area contributed by atoms with Crippen LogP contribution in [0.2, 0.25) is 5.02 Å². The Morgan fingerprint density at radius 2 is 1.33 bits per heavy atom. The maximum atomic E-state index is 11.8. The van der Waals surface area contributed by atoms with Gasteiger partial charge in [-0.25, -0.2) is 0 Å². The van der Waals surface area contributed by atoms with E-state index in [9.17, 15) is 4.79 Å². The lowest BCUT2D eigenvalue weighted by molar-refractivity contribution is -0.134. The van der Waals surface area contributed by atoms with Crippen molar-refractivity contribution >= 4 is 17.6 Å². The summed E-state index contributed by atoms with van der Waals surface area (Å²) in [4.78, 5) is 15.7. The summed E-state index contributed by atoms with van der Waals surface area (Å²) in [5, 5.41) is 0.377. The van der Waals surface area contributed by atoms with Gasteiger partial charge in [-0.1, -0.05) is 108 Å². The zero-order valence-corrected chi connectivity index (χ0v) is 17.9. The number of nitrogens with zero attached hydrogens (tertiary/aromatic N) is 1. The number of carbonyl (C=O) groups excluding carboxylic acids is 1. The van der Waals surface area contributed by atoms with Crippen molar-refractivity contribution < 1.29 is 9.53 Å². The Balaban J connectivity index is 1.82. The third-order valence-corrected chi connectivity index (χ3v) is 5.23. The van der Waals surface area contributed by atoms with E-state index in [0.717, 1.165) is 12.8 Å². The van der Waals surface area contributed by atoms with Gasteiger partial charge in [0, 0.05) is 24.9 Å². The second-order valence-electron chi connectivity index (χ2n) is 7.48. The lowest BCUT2D eigenvalue weighted by Gasteiger charge is -2.05. The molecule has 3 nitrogen and oxygen atoms in total. The number of pyridine rings is 1. The minimum Gasteiger partial charge on any atom is -0.425 e. The number of ether oxygens (including phenoxy) is 1. The highest BCUT2D eigenvalue weighted by atomic mass is 35.5. The van der Waals surface area contributed by atoms with Crippen LogP contribution in [0.15, 0.2) is 18.5 Å². The highest BCUT2D eigenvalue weighted by molar-refractivity contribution is 6.32. The highest BCUT2D eigenvalue weighted by Gasteiger charge is 2.07. The van der Waals surface area contributed by atoms with Crippen molar-refractivity contribution in [2.24, 2.45) is 0 Å². The number of halogens is 1. The third kappa shape index (κ3) is 13.7. The molecule has 0 bridgehead atoms. The van der Waals surface area contributed by atoms with Crippen molar-refractivity contribution in [1.82, 2.24) is 4.98 Å². The van der Waals surface area contributed by atoms with E-state index in [1.54, 1.807) is 12.3 Å². The summed E-state index contributed by atoms with van der Waals surface area (Å²) in [6.07, 6.45) is 23.3. The largest absolute Gasteiger partial charge is 0.425 e. The molecule has 1 rings (SSSR count). The van der Waals surface area contributed by atoms with Crippen LogP contribution < -0.4 is 4.74 Å². The van der Waals surface area contributed by atoms with Crippen LogP contribution in [0, 0.1) is 0 Å². The average molecular weight is 396 g/mol. The molecule has 0 N–H and O–H groups in total. The van der Waals surface area contributed by atoms with Gasteiger partial charge >= 0.3 is 5.97 Å². The molecule has 0 atom stereocenters. The van der Waals surface area contributed by atoms with Crippen LogP contribution in [0.4, 0.5) is 0 Å². The molecule has 154 valence electrons. The molecule has 0 aromatic carbocycles. The Bertz CT molecular complexity index is 493. The molecule has 0 fully saturated rings. The van der Waals surface area contributed by atoms with E-state index in [4.69, 9.17) is 16.3 Å². The number of rotatable bonds is 17. The zero-order chi connectivity index (χ0) is 19.6. The first-order valence-electron chi connectivity index (χ1n) is 11.0. The lowest BCUT2D eigenvalue weighted by atomic mass is 10.0. The van der Waals surface area contributed by atoms with E-state index in [2.05, 4.69) is 11.9 Å². The molecule has 0 aliphatic carbocycles. The van der Waals surface area contributed by atoms with E-state index in [0.29, 0.717) is 17.2 Å². The van der Waals surface area contributed by atoms with Crippen LogP contribution >= 0.6 is 11.6 Å². The predicted molar refractivity (Wildman–Crippen MR) is 114 cm³/mol. The smallest absolute Gasteiger partial charge is 0.311 e. The van der Waals surface area contributed by atoms with Crippen LogP contribution in [0.25, 0.3) is 0 Å². The molecule has 0 aliphatic heterocycles. The van der Waals surface area contributed by atoms with Crippen molar-refractivity contribution in [3.05, 3.63) is 23.5 Å². The molecule has 0 radical (unpaired) electrons. The number of hydrogen-bond acceptors (Lipinski definition) is 3. The summed E-state index contributed by atoms with van der Waals surface area (Å²) in [5.74, 6) is 0.190. The zero-order valence-electron chi connectivity index (χ0n) is 17.2. The third-order valence-electron chi connectivity index (χ3n) is 4.94. The molecule has 1 aromatic heterocycles. The monoisotopic (exact) mass is 395 g/mol. The summed E-state index contributed by atoms with van der Waals surface area (Å²) in [7, 11) is 0. The minimum absolute atomic E-state index is 0.210. The fraction of sp³-hybridized carbons (Fsp3) is 0.739. The average Bonchev–Trinajstić information content (AvgIpc) is 2.66. The summed E-state index contributed by atoms with van der Waals surface area (Å²) >= 11 is 5.93. The van der Waals surface area contributed by atoms with Crippen molar-refractivity contribution in [2.45, 2.75) is 110 Å². The van der Waals surface area contributed by atoms with Gasteiger partial charge in [-0.05, 0) is 6.42 Å². The van der Waals surface area contributed by atoms with E-state index in [-0.39, 0.29) is 5.97 Å². The second-order valence-corrected chi connectivity index (χ2v) is 7.89. The van der Waals surface area contributed by atoms with Gasteiger partial charge in [0.25, 0.3) is 0 Å². The summed E-state index contributed by atoms with van der Waals surface area (Å²) in [5.41, 5.74) is 0. The van der Waals surface area contributed by atoms with Crippen LogP contribution in [0.5, 0.6) is 5.75 Å². The Labute approximate surface area is 171 Å². The minimum atomic E-state index is -0.210. The number of carbonyl (C=O) groups is 1. The molecule has 0 saturated carbocycles. The van der Waals surface area contributed by atoms with Crippen LogP contribution in [0.3, 0.4) is 0 Å². The number of esters is 1. The van der Waals surface area contributed by atoms with E-state index >= 15 is 0 Å². The van der Waals surface area contributed by atoms with Crippen molar-refractivity contribution in [3.8, 4) is 5.75 Å². The Morgan fingerprint density at radius 3 is 1.81 bits per heavy atom. The predicted octanol–water partition coefficient (Wildman–Crippen LogP) is 7.90. The van der Waals surface area contributed by atoms with Gasteiger partial charge in [-0.3, -0.25) is 9.78 Å². The van der Waals surface area contributed by atoms with Crippen molar-refractivity contribution in [2.75, 3.05) is 0 Å². The maximum absolute atomic E-state index is 11.8. The lowest BCUT2D eigenvalue weighted by Crippen LogP contribution is -2.07. The fourth-order valence-electron chi connectivity index (χ4n) is 3.26. The number of unbranched alkanes of at least 4 members (excludes halogenated alkanes) is 14. The van der Waals surface area contributed by atoms with Gasteiger partial charge in [0.05, 0.1) is 0 Å². The van der Waals surface area contributed by atoms with E-state index in [1.807, 2.05) is 0 Å². The van der Waals surface area contributed by atoms with Gasteiger partial charge in [-0.15, -0.1) is 0 Å². The maximum Gasteiger partial charge on any atom is 0.311 e. The quantitative estimate of drug-likeness (QED) is 0.199. The molecule has 1 aromatic rings. The summed E-state index contributed by atoms with van der Waals surface area (Å²) in [6, 6.07) is 1.62. The van der Waals surface area contributed by atoms with Gasteiger partial charge in [-0.2, -0.15) is 0 Å². The SMILES string of the molecule is CCCCCCCCCCCCCCCCCC(=O)Oc1ccncc1Cl. The van der Waals surface area contributed by atoms with Crippen molar-refractivity contribution in [1.29, 1.82) is 0 Å². The highest BCUT2D eigenvalue weighted by Crippen LogP contribution is 2.22. The number of hydrogen-bond donors (Lipinski definition) is 0. The van der Waals surface area contributed by atoms with Crippen molar-refractivity contribution in [3.63, 3.8) is 0 Å². The van der Waals surface area contributed by atoms with E-state index in [1.165, 1.54) is 89.7 Å². The molecule has 0 spiro atoms. The Hall–Kier alpha value is -1.09. The summed E-state index contributed by atoms with van der Waals surface area (Å²) < 4.78 is 5.25. The van der Waals surface area contributed by atoms with Crippen LogP contribution in [-0.4, -0.2) is 11.0 Å². The van der Waals surface area contributed by atoms with Crippen LogP contribution in [-0.2, 0) is 4.79 Å². The molecule has 0 unspecified atom stereocenters. The molecule has 0 aliphatic rings. The topological polar surface area (TPSA) is 39.2 Å². The molecular formula is C23H38ClNO2. The van der Waals surface area contributed by atoms with Gasteiger partial charge in [0.15, 0.2) is 5.75 Å². The molecule has 0 saturated heterocycles. The Kier molecular flexibility index (Phi) is 15.1. The molecule has 1 heterocycles. The molecular weight excluding hydrogens is 358 g/mol. The molecule has 27 heavy (non-hydrogen) atoms. The Morgan fingerprint density at radius 1 is 0.852 bits per heavy atom. The first kappa shape index (κ1) is 23.9. The second kappa shape index (κ2) is 17.0. The number of aromatic nitrogens is 1. The van der Waals surface area contributed by atoms with Gasteiger partial charge in [0.1, 0.15) is 5.02 Å². The van der Waals surface area contributed by atoms with Gasteiger partial charge in [0.2, 0.25) is 0 Å². The fourth-order valence-corrected chi connectivity index (χ4v) is 3.42. The molecule has 0 amide bonds. The first-order chi connectivity index (χ1) is 13.2. The van der Waals surface area contributed by atoms with Crippen LogP contribution in [0.1, 0.15) is 110 Å². The van der Waals surface area contributed by atoms with Gasteiger partial charge < -0.3 is 4.74 Å². The standard InChI is InChI=1S/C23H38ClNO2/c1-2-3-4-5-6-7-8-9-10-11-12-13-14-15-16-17-23(26)27-22-18-19-25-20-21(22)24/h18-20H,2-17H2,1H3. The summed E-state index contributed by atoms with van der Waals surface area (Å²) in [6.45, 7) is 2.27. The first-order valence-corrected chi connectivity index (χ1v) is 11.4. The van der Waals surface area contributed by atoms with E-state index < -0.39 is 0 Å². The normalized spacial score (nSPS) is 10.9.